The van der Waals surface area contributed by atoms with Crippen molar-refractivity contribution in [3.05, 3.63) is 29.6 Å². The lowest BCUT2D eigenvalue weighted by molar-refractivity contribution is -0.142. The molecule has 1 unspecified atom stereocenters. The summed E-state index contributed by atoms with van der Waals surface area (Å²) in [6.07, 6.45) is 0.727. The van der Waals surface area contributed by atoms with Crippen LogP contribution in [0.1, 0.15) is 30.7 Å². The van der Waals surface area contributed by atoms with E-state index in [4.69, 9.17) is 4.74 Å². The summed E-state index contributed by atoms with van der Waals surface area (Å²) >= 11 is 0. The summed E-state index contributed by atoms with van der Waals surface area (Å²) in [5.74, 6) is 0.486. The van der Waals surface area contributed by atoms with Crippen LogP contribution in [0, 0.1) is 6.92 Å². The van der Waals surface area contributed by atoms with E-state index in [9.17, 15) is 4.79 Å². The summed E-state index contributed by atoms with van der Waals surface area (Å²) in [6.45, 7) is 3.89. The van der Waals surface area contributed by atoms with Crippen LogP contribution in [-0.4, -0.2) is 23.0 Å². The van der Waals surface area contributed by atoms with Gasteiger partial charge in [0.1, 0.15) is 5.82 Å². The maximum Gasteiger partial charge on any atom is 0.313 e. The Labute approximate surface area is 100 Å². The SMILES string of the molecule is CCC(C(=O)OC)c1ccc2nc(C)[nH]c2c1. The molecule has 1 atom stereocenters. The topological polar surface area (TPSA) is 55.0 Å². The van der Waals surface area contributed by atoms with Gasteiger partial charge in [-0.25, -0.2) is 4.98 Å². The van der Waals surface area contributed by atoms with E-state index in [0.717, 1.165) is 28.8 Å². The van der Waals surface area contributed by atoms with E-state index < -0.39 is 0 Å². The smallest absolute Gasteiger partial charge is 0.313 e. The van der Waals surface area contributed by atoms with Gasteiger partial charge in [-0.15, -0.1) is 0 Å². The van der Waals surface area contributed by atoms with Crippen LogP contribution in [0.15, 0.2) is 18.2 Å². The van der Waals surface area contributed by atoms with Crippen LogP contribution < -0.4 is 0 Å². The summed E-state index contributed by atoms with van der Waals surface area (Å²) in [4.78, 5) is 19.1. The zero-order valence-corrected chi connectivity index (χ0v) is 10.3. The molecule has 1 aromatic heterocycles. The first kappa shape index (κ1) is 11.6. The molecule has 1 heterocycles. The van der Waals surface area contributed by atoms with E-state index in [1.807, 2.05) is 32.0 Å². The minimum atomic E-state index is -0.201. The van der Waals surface area contributed by atoms with Crippen LogP contribution >= 0.6 is 0 Å². The lowest BCUT2D eigenvalue weighted by Gasteiger charge is -2.12. The zero-order valence-electron chi connectivity index (χ0n) is 10.3. The van der Waals surface area contributed by atoms with Gasteiger partial charge in [-0.2, -0.15) is 0 Å². The molecule has 0 aliphatic carbocycles. The van der Waals surface area contributed by atoms with Crippen molar-refractivity contribution >= 4 is 17.0 Å². The minimum absolute atomic E-state index is 0.192. The van der Waals surface area contributed by atoms with Crippen molar-refractivity contribution in [2.45, 2.75) is 26.2 Å². The van der Waals surface area contributed by atoms with Gasteiger partial charge in [-0.3, -0.25) is 4.79 Å². The number of hydrogen-bond donors (Lipinski definition) is 1. The molecule has 0 aliphatic rings. The number of rotatable bonds is 3. The molecule has 0 aliphatic heterocycles. The predicted octanol–water partition coefficient (Wildman–Crippen LogP) is 2.54. The molecule has 0 saturated carbocycles. The summed E-state index contributed by atoms with van der Waals surface area (Å²) in [6, 6.07) is 5.84. The fraction of sp³-hybridized carbons (Fsp3) is 0.385. The second kappa shape index (κ2) is 4.57. The molecule has 0 fully saturated rings. The first-order chi connectivity index (χ1) is 8.15. The second-order valence-corrected chi connectivity index (χ2v) is 4.08. The van der Waals surface area contributed by atoms with Crippen LogP contribution in [0.25, 0.3) is 11.0 Å². The van der Waals surface area contributed by atoms with Crippen LogP contribution in [0.3, 0.4) is 0 Å². The number of methoxy groups -OCH3 is 1. The van der Waals surface area contributed by atoms with Gasteiger partial charge < -0.3 is 9.72 Å². The van der Waals surface area contributed by atoms with Crippen molar-refractivity contribution in [2.24, 2.45) is 0 Å². The molecule has 1 N–H and O–H groups in total. The standard InChI is InChI=1S/C13H16N2O2/c1-4-10(13(16)17-3)9-5-6-11-12(7-9)15-8(2)14-11/h5-7,10H,4H2,1-3H3,(H,14,15). The third kappa shape index (κ3) is 2.16. The number of carbonyl (C=O) groups is 1. The van der Waals surface area contributed by atoms with E-state index in [0.29, 0.717) is 0 Å². The Morgan fingerprint density at radius 2 is 2.29 bits per heavy atom. The maximum absolute atomic E-state index is 11.6. The number of esters is 1. The van der Waals surface area contributed by atoms with Gasteiger partial charge >= 0.3 is 5.97 Å². The largest absolute Gasteiger partial charge is 0.469 e. The van der Waals surface area contributed by atoms with E-state index in [1.165, 1.54) is 7.11 Å². The average Bonchev–Trinajstić information content (AvgIpc) is 2.69. The van der Waals surface area contributed by atoms with Crippen LogP contribution in [0.4, 0.5) is 0 Å². The first-order valence-electron chi connectivity index (χ1n) is 5.69. The maximum atomic E-state index is 11.6. The van der Waals surface area contributed by atoms with Crippen LogP contribution in [0.5, 0.6) is 0 Å². The van der Waals surface area contributed by atoms with Crippen molar-refractivity contribution in [1.82, 2.24) is 9.97 Å². The highest BCUT2D eigenvalue weighted by molar-refractivity contribution is 5.82. The minimum Gasteiger partial charge on any atom is -0.469 e. The lowest BCUT2D eigenvalue weighted by atomic mass is 9.96. The Kier molecular flexibility index (Phi) is 3.13. The van der Waals surface area contributed by atoms with Gasteiger partial charge in [0, 0.05) is 0 Å². The molecule has 0 radical (unpaired) electrons. The van der Waals surface area contributed by atoms with E-state index in [2.05, 4.69) is 9.97 Å². The molecule has 0 bridgehead atoms. The third-order valence-electron chi connectivity index (χ3n) is 2.92. The highest BCUT2D eigenvalue weighted by Gasteiger charge is 2.19. The summed E-state index contributed by atoms with van der Waals surface area (Å²) < 4.78 is 4.81. The van der Waals surface area contributed by atoms with Crippen molar-refractivity contribution < 1.29 is 9.53 Å². The number of benzene rings is 1. The Morgan fingerprint density at radius 3 is 2.94 bits per heavy atom. The molecular formula is C13H16N2O2. The van der Waals surface area contributed by atoms with Gasteiger partial charge in [0.25, 0.3) is 0 Å². The van der Waals surface area contributed by atoms with Crippen molar-refractivity contribution in [2.75, 3.05) is 7.11 Å². The number of aromatic amines is 1. The Bertz CT molecular complexity index is 545. The lowest BCUT2D eigenvalue weighted by Crippen LogP contribution is -2.13. The van der Waals surface area contributed by atoms with Crippen molar-refractivity contribution in [3.8, 4) is 0 Å². The number of nitrogens with zero attached hydrogens (tertiary/aromatic N) is 1. The molecule has 2 rings (SSSR count). The van der Waals surface area contributed by atoms with E-state index in [1.54, 1.807) is 0 Å². The number of carbonyl (C=O) groups excluding carboxylic acids is 1. The van der Waals surface area contributed by atoms with Gasteiger partial charge in [-0.05, 0) is 31.0 Å². The molecule has 4 heteroatoms. The molecule has 0 saturated heterocycles. The molecule has 4 nitrogen and oxygen atoms in total. The molecule has 90 valence electrons. The number of imidazole rings is 1. The Balaban J connectivity index is 2.43. The second-order valence-electron chi connectivity index (χ2n) is 4.08. The summed E-state index contributed by atoms with van der Waals surface area (Å²) in [5, 5.41) is 0. The molecule has 2 aromatic rings. The highest BCUT2D eigenvalue weighted by Crippen LogP contribution is 2.24. The van der Waals surface area contributed by atoms with E-state index >= 15 is 0 Å². The number of aryl methyl sites for hydroxylation is 1. The Hall–Kier alpha value is -1.84. The van der Waals surface area contributed by atoms with Crippen LogP contribution in [-0.2, 0) is 9.53 Å². The molecular weight excluding hydrogens is 216 g/mol. The van der Waals surface area contributed by atoms with Gasteiger partial charge in [0.05, 0.1) is 24.1 Å². The molecule has 0 amide bonds. The molecule has 1 aromatic carbocycles. The summed E-state index contributed by atoms with van der Waals surface area (Å²) in [7, 11) is 1.42. The number of H-pyrrole nitrogens is 1. The summed E-state index contributed by atoms with van der Waals surface area (Å²) in [5.41, 5.74) is 2.85. The first-order valence-corrected chi connectivity index (χ1v) is 5.69. The highest BCUT2D eigenvalue weighted by atomic mass is 16.5. The van der Waals surface area contributed by atoms with Gasteiger partial charge in [0.2, 0.25) is 0 Å². The monoisotopic (exact) mass is 232 g/mol. The fourth-order valence-electron chi connectivity index (χ4n) is 2.05. The predicted molar refractivity (Wildman–Crippen MR) is 65.9 cm³/mol. The van der Waals surface area contributed by atoms with Gasteiger partial charge in [-0.1, -0.05) is 13.0 Å². The third-order valence-corrected chi connectivity index (χ3v) is 2.92. The van der Waals surface area contributed by atoms with E-state index in [-0.39, 0.29) is 11.9 Å². The number of aromatic nitrogens is 2. The van der Waals surface area contributed by atoms with Crippen LogP contribution in [0.2, 0.25) is 0 Å². The average molecular weight is 232 g/mol. The fourth-order valence-corrected chi connectivity index (χ4v) is 2.05. The zero-order chi connectivity index (χ0) is 12.4. The Morgan fingerprint density at radius 1 is 1.53 bits per heavy atom. The normalized spacial score (nSPS) is 12.6. The number of fused-ring (bicyclic) bond motifs is 1. The number of nitrogens with one attached hydrogen (secondary N) is 1. The molecule has 17 heavy (non-hydrogen) atoms. The van der Waals surface area contributed by atoms with Crippen molar-refractivity contribution in [1.29, 1.82) is 0 Å². The quantitative estimate of drug-likeness (QED) is 0.827. The molecule has 0 spiro atoms. The van der Waals surface area contributed by atoms with Gasteiger partial charge in [0.15, 0.2) is 0 Å². The van der Waals surface area contributed by atoms with Crippen molar-refractivity contribution in [3.63, 3.8) is 0 Å². The number of ether oxygens (including phenoxy) is 1. The number of hydrogen-bond acceptors (Lipinski definition) is 3.